The fourth-order valence-corrected chi connectivity index (χ4v) is 2.92. The molecular weight excluding hydrogens is 293 g/mol. The fourth-order valence-electron chi connectivity index (χ4n) is 2.92. The number of nitrogens with one attached hydrogen (secondary N) is 1. The van der Waals surface area contributed by atoms with E-state index in [4.69, 9.17) is 4.74 Å². The van der Waals surface area contributed by atoms with Crippen molar-refractivity contribution in [2.75, 3.05) is 13.7 Å². The van der Waals surface area contributed by atoms with Crippen molar-refractivity contribution in [3.05, 3.63) is 58.4 Å². The lowest BCUT2D eigenvalue weighted by Gasteiger charge is -2.19. The summed E-state index contributed by atoms with van der Waals surface area (Å²) in [7, 11) is 1.46. The highest BCUT2D eigenvalue weighted by molar-refractivity contribution is 5.43. The Labute approximate surface area is 137 Å². The number of phenolic OH excluding ortho intramolecular Hbond substituents is 1. The third-order valence-corrected chi connectivity index (χ3v) is 4.02. The minimum Gasteiger partial charge on any atom is -0.508 e. The van der Waals surface area contributed by atoms with E-state index in [1.807, 2.05) is 26.8 Å². The first-order chi connectivity index (χ1) is 10.9. The Balaban J connectivity index is 1.97. The summed E-state index contributed by atoms with van der Waals surface area (Å²) < 4.78 is 18.6. The summed E-state index contributed by atoms with van der Waals surface area (Å²) in [4.78, 5) is 0. The number of benzene rings is 2. The van der Waals surface area contributed by atoms with E-state index >= 15 is 0 Å². The Morgan fingerprint density at radius 2 is 1.96 bits per heavy atom. The molecule has 23 heavy (non-hydrogen) atoms. The molecule has 0 heterocycles. The Hall–Kier alpha value is -2.07. The molecule has 1 unspecified atom stereocenters. The van der Waals surface area contributed by atoms with Crippen molar-refractivity contribution < 1.29 is 14.2 Å². The molecule has 0 saturated heterocycles. The van der Waals surface area contributed by atoms with Crippen LogP contribution in [0.2, 0.25) is 0 Å². The highest BCUT2D eigenvalue weighted by Crippen LogP contribution is 2.28. The van der Waals surface area contributed by atoms with Crippen LogP contribution in [0.5, 0.6) is 11.5 Å². The van der Waals surface area contributed by atoms with Gasteiger partial charge in [0.2, 0.25) is 0 Å². The van der Waals surface area contributed by atoms with Gasteiger partial charge in [-0.15, -0.1) is 0 Å². The highest BCUT2D eigenvalue weighted by atomic mass is 19.1. The quantitative estimate of drug-likeness (QED) is 0.844. The highest BCUT2D eigenvalue weighted by Gasteiger charge is 2.13. The molecule has 0 radical (unpaired) electrons. The van der Waals surface area contributed by atoms with Crippen LogP contribution in [0.3, 0.4) is 0 Å². The predicted octanol–water partition coefficient (Wildman–Crippen LogP) is 4.05. The van der Waals surface area contributed by atoms with Gasteiger partial charge >= 0.3 is 0 Å². The van der Waals surface area contributed by atoms with Gasteiger partial charge in [0.1, 0.15) is 5.75 Å². The molecule has 0 fully saturated rings. The molecule has 2 aromatic rings. The first kappa shape index (κ1) is 17.3. The van der Waals surface area contributed by atoms with Gasteiger partial charge in [-0.2, -0.15) is 0 Å². The number of ether oxygens (including phenoxy) is 1. The molecule has 0 aliphatic rings. The molecule has 1 atom stereocenters. The first-order valence-electron chi connectivity index (χ1n) is 7.78. The van der Waals surface area contributed by atoms with E-state index in [0.29, 0.717) is 18.7 Å². The van der Waals surface area contributed by atoms with Crippen molar-refractivity contribution in [1.82, 2.24) is 5.32 Å². The van der Waals surface area contributed by atoms with Gasteiger partial charge in [0.05, 0.1) is 7.11 Å². The van der Waals surface area contributed by atoms with E-state index in [9.17, 15) is 9.50 Å². The van der Waals surface area contributed by atoms with Crippen molar-refractivity contribution in [3.63, 3.8) is 0 Å². The molecule has 0 bridgehead atoms. The summed E-state index contributed by atoms with van der Waals surface area (Å²) in [5.74, 6) is 0.235. The molecule has 0 spiro atoms. The second kappa shape index (κ2) is 7.47. The van der Waals surface area contributed by atoms with E-state index in [0.717, 1.165) is 22.3 Å². The van der Waals surface area contributed by atoms with E-state index in [-0.39, 0.29) is 17.6 Å². The summed E-state index contributed by atoms with van der Waals surface area (Å²) in [6.07, 6.45) is 0.705. The van der Waals surface area contributed by atoms with Crippen LogP contribution in [0.1, 0.15) is 35.2 Å². The number of hydrogen-bond donors (Lipinski definition) is 2. The maximum atomic E-state index is 13.7. The van der Waals surface area contributed by atoms with Gasteiger partial charge in [0.15, 0.2) is 11.6 Å². The zero-order valence-corrected chi connectivity index (χ0v) is 14.1. The minimum absolute atomic E-state index is 0.0266. The molecule has 3 nitrogen and oxygen atoms in total. The average Bonchev–Trinajstić information content (AvgIpc) is 2.46. The molecule has 4 heteroatoms. The number of aryl methyl sites for hydroxylation is 2. The summed E-state index contributed by atoms with van der Waals surface area (Å²) in [5, 5.41) is 13.5. The van der Waals surface area contributed by atoms with Gasteiger partial charge in [0.25, 0.3) is 0 Å². The van der Waals surface area contributed by atoms with Gasteiger partial charge in [-0.1, -0.05) is 12.1 Å². The third kappa shape index (κ3) is 4.23. The maximum Gasteiger partial charge on any atom is 0.165 e. The number of phenols is 1. The van der Waals surface area contributed by atoms with Crippen LogP contribution >= 0.6 is 0 Å². The van der Waals surface area contributed by atoms with E-state index in [2.05, 4.69) is 11.4 Å². The monoisotopic (exact) mass is 317 g/mol. The van der Waals surface area contributed by atoms with Gasteiger partial charge in [-0.05, 0) is 68.6 Å². The van der Waals surface area contributed by atoms with Gasteiger partial charge in [-0.3, -0.25) is 0 Å². The van der Waals surface area contributed by atoms with E-state index in [1.165, 1.54) is 13.2 Å². The largest absolute Gasteiger partial charge is 0.508 e. The Morgan fingerprint density at radius 1 is 1.22 bits per heavy atom. The second-order valence-electron chi connectivity index (χ2n) is 5.91. The number of halogens is 1. The number of methoxy groups -OCH3 is 1. The minimum atomic E-state index is -0.343. The van der Waals surface area contributed by atoms with Crippen molar-refractivity contribution in [1.29, 1.82) is 0 Å². The third-order valence-electron chi connectivity index (χ3n) is 4.02. The van der Waals surface area contributed by atoms with Crippen LogP contribution in [0, 0.1) is 19.7 Å². The van der Waals surface area contributed by atoms with Gasteiger partial charge in [0, 0.05) is 11.6 Å². The molecule has 2 aromatic carbocycles. The molecule has 0 aliphatic heterocycles. The lowest BCUT2D eigenvalue weighted by Crippen LogP contribution is -2.22. The van der Waals surface area contributed by atoms with E-state index < -0.39 is 0 Å². The molecule has 2 rings (SSSR count). The normalized spacial score (nSPS) is 12.2. The Bertz CT molecular complexity index is 662. The number of hydrogen-bond acceptors (Lipinski definition) is 3. The fraction of sp³-hybridized carbons (Fsp3) is 0.368. The zero-order valence-electron chi connectivity index (χ0n) is 14.1. The first-order valence-corrected chi connectivity index (χ1v) is 7.78. The smallest absolute Gasteiger partial charge is 0.165 e. The van der Waals surface area contributed by atoms with Gasteiger partial charge < -0.3 is 15.2 Å². The molecule has 0 aromatic heterocycles. The van der Waals surface area contributed by atoms with Crippen molar-refractivity contribution in [2.45, 2.75) is 33.2 Å². The Morgan fingerprint density at radius 3 is 2.57 bits per heavy atom. The molecule has 0 saturated carbocycles. The topological polar surface area (TPSA) is 41.5 Å². The van der Waals surface area contributed by atoms with Crippen LogP contribution in [0.4, 0.5) is 4.39 Å². The molecular formula is C19H24FNO2. The summed E-state index contributed by atoms with van der Waals surface area (Å²) in [5.41, 5.74) is 3.94. The Kier molecular flexibility index (Phi) is 5.61. The number of aromatic hydroxyl groups is 1. The molecule has 0 aliphatic carbocycles. The molecule has 124 valence electrons. The van der Waals surface area contributed by atoms with Crippen LogP contribution < -0.4 is 10.1 Å². The summed E-state index contributed by atoms with van der Waals surface area (Å²) >= 11 is 0. The zero-order chi connectivity index (χ0) is 17.0. The lowest BCUT2D eigenvalue weighted by atomic mass is 9.98. The van der Waals surface area contributed by atoms with Crippen LogP contribution in [0.15, 0.2) is 30.3 Å². The maximum absolute atomic E-state index is 13.7. The SMILES string of the molecule is COc1ccc(CCNC(C)c2c(C)cc(C)cc2O)cc1F. The lowest BCUT2D eigenvalue weighted by molar-refractivity contribution is 0.386. The predicted molar refractivity (Wildman–Crippen MR) is 90.7 cm³/mol. The van der Waals surface area contributed by atoms with Crippen molar-refractivity contribution in [3.8, 4) is 11.5 Å². The van der Waals surface area contributed by atoms with Crippen molar-refractivity contribution in [2.24, 2.45) is 0 Å². The van der Waals surface area contributed by atoms with E-state index in [1.54, 1.807) is 12.1 Å². The number of rotatable bonds is 6. The van der Waals surface area contributed by atoms with Crippen LogP contribution in [-0.4, -0.2) is 18.8 Å². The van der Waals surface area contributed by atoms with Crippen LogP contribution in [0.25, 0.3) is 0 Å². The van der Waals surface area contributed by atoms with Crippen molar-refractivity contribution >= 4 is 0 Å². The summed E-state index contributed by atoms with van der Waals surface area (Å²) in [6, 6.07) is 8.87. The van der Waals surface area contributed by atoms with Crippen LogP contribution in [-0.2, 0) is 6.42 Å². The second-order valence-corrected chi connectivity index (χ2v) is 5.91. The standard InChI is InChI=1S/C19H24FNO2/c1-12-9-13(2)19(17(22)10-12)14(3)21-8-7-15-5-6-18(23-4)16(20)11-15/h5-6,9-11,14,21-22H,7-8H2,1-4H3. The summed E-state index contributed by atoms with van der Waals surface area (Å²) in [6.45, 7) is 6.68. The van der Waals surface area contributed by atoms with Gasteiger partial charge in [-0.25, -0.2) is 4.39 Å². The molecule has 2 N–H and O–H groups in total. The molecule has 0 amide bonds. The average molecular weight is 317 g/mol.